The first kappa shape index (κ1) is 20.0. The zero-order valence-corrected chi connectivity index (χ0v) is 15.4. The quantitative estimate of drug-likeness (QED) is 0.731. The van der Waals surface area contributed by atoms with Crippen molar-refractivity contribution in [2.24, 2.45) is 0 Å². The molecule has 2 aromatic carbocycles. The topological polar surface area (TPSA) is 93.7 Å². The molecule has 0 fully saturated rings. The zero-order chi connectivity index (χ0) is 19.8. The van der Waals surface area contributed by atoms with Gasteiger partial charge in [0.1, 0.15) is 5.75 Å². The molecular weight excluding hydrogens is 348 g/mol. The van der Waals surface area contributed by atoms with Gasteiger partial charge in [-0.05, 0) is 48.9 Å². The summed E-state index contributed by atoms with van der Waals surface area (Å²) >= 11 is 0. The molecule has 1 atom stereocenters. The normalized spacial score (nSPS) is 11.2. The number of amides is 2. The number of esters is 1. The van der Waals surface area contributed by atoms with Crippen LogP contribution in [0, 0.1) is 0 Å². The van der Waals surface area contributed by atoms with E-state index in [-0.39, 0.29) is 18.6 Å². The van der Waals surface area contributed by atoms with Gasteiger partial charge in [0, 0.05) is 12.6 Å². The van der Waals surface area contributed by atoms with Crippen molar-refractivity contribution < 1.29 is 23.9 Å². The number of hydrogen-bond acceptors (Lipinski definition) is 5. The van der Waals surface area contributed by atoms with E-state index in [2.05, 4.69) is 10.6 Å². The maximum absolute atomic E-state index is 12.0. The molecular formula is C20H22N2O5. The molecule has 27 heavy (non-hydrogen) atoms. The number of nitrogens with one attached hydrogen (secondary N) is 2. The number of anilines is 1. The van der Waals surface area contributed by atoms with Gasteiger partial charge in [0.2, 0.25) is 5.91 Å². The van der Waals surface area contributed by atoms with E-state index in [4.69, 9.17) is 9.47 Å². The molecule has 0 saturated carbocycles. The second-order valence-corrected chi connectivity index (χ2v) is 5.90. The van der Waals surface area contributed by atoms with Gasteiger partial charge in [-0.25, -0.2) is 4.79 Å². The van der Waals surface area contributed by atoms with Crippen molar-refractivity contribution in [2.45, 2.75) is 19.9 Å². The molecule has 2 N–H and O–H groups in total. The Labute approximate surface area is 157 Å². The van der Waals surface area contributed by atoms with Gasteiger partial charge in [-0.1, -0.05) is 12.1 Å². The van der Waals surface area contributed by atoms with Crippen LogP contribution in [-0.4, -0.2) is 31.5 Å². The van der Waals surface area contributed by atoms with Gasteiger partial charge >= 0.3 is 5.97 Å². The highest BCUT2D eigenvalue weighted by Gasteiger charge is 2.13. The average molecular weight is 370 g/mol. The summed E-state index contributed by atoms with van der Waals surface area (Å²) in [6.07, 6.45) is 0. The molecule has 0 radical (unpaired) electrons. The summed E-state index contributed by atoms with van der Waals surface area (Å²) in [5.74, 6) is -0.484. The fraction of sp³-hybridized carbons (Fsp3) is 0.250. The number of methoxy groups -OCH3 is 1. The molecule has 0 heterocycles. The van der Waals surface area contributed by atoms with Crippen molar-refractivity contribution >= 4 is 23.5 Å². The van der Waals surface area contributed by atoms with Gasteiger partial charge in [-0.2, -0.15) is 0 Å². The number of carbonyl (C=O) groups is 3. The molecule has 7 nitrogen and oxygen atoms in total. The summed E-state index contributed by atoms with van der Waals surface area (Å²) in [6, 6.07) is 13.3. The van der Waals surface area contributed by atoms with Gasteiger partial charge in [0.25, 0.3) is 5.91 Å². The summed E-state index contributed by atoms with van der Waals surface area (Å²) in [7, 11) is 1.59. The lowest BCUT2D eigenvalue weighted by Gasteiger charge is -2.15. The van der Waals surface area contributed by atoms with Gasteiger partial charge in [0.15, 0.2) is 6.61 Å². The SMILES string of the molecule is COc1ccc(C(C)NC(=O)COC(=O)c2ccc(NC(C)=O)cc2)cc1. The highest BCUT2D eigenvalue weighted by Crippen LogP contribution is 2.17. The molecule has 0 aromatic heterocycles. The Morgan fingerprint density at radius 1 is 1.00 bits per heavy atom. The summed E-state index contributed by atoms with van der Waals surface area (Å²) < 4.78 is 10.1. The molecule has 2 aromatic rings. The van der Waals surface area contributed by atoms with E-state index in [0.717, 1.165) is 11.3 Å². The Hall–Kier alpha value is -3.35. The highest BCUT2D eigenvalue weighted by molar-refractivity contribution is 5.93. The summed E-state index contributed by atoms with van der Waals surface area (Å²) in [5.41, 5.74) is 1.77. The van der Waals surface area contributed by atoms with Crippen LogP contribution in [0.5, 0.6) is 5.75 Å². The van der Waals surface area contributed by atoms with E-state index in [1.54, 1.807) is 19.2 Å². The number of rotatable bonds is 7. The average Bonchev–Trinajstić information content (AvgIpc) is 2.66. The van der Waals surface area contributed by atoms with Crippen molar-refractivity contribution in [3.05, 3.63) is 59.7 Å². The molecule has 0 spiro atoms. The smallest absolute Gasteiger partial charge is 0.338 e. The summed E-state index contributed by atoms with van der Waals surface area (Å²) in [5, 5.41) is 5.37. The molecule has 0 bridgehead atoms. The van der Waals surface area contributed by atoms with Crippen LogP contribution in [0.1, 0.15) is 35.8 Å². The molecule has 142 valence electrons. The van der Waals surface area contributed by atoms with E-state index in [1.165, 1.54) is 19.1 Å². The molecule has 0 aliphatic carbocycles. The predicted octanol–water partition coefficient (Wildman–Crippen LogP) is 2.69. The maximum Gasteiger partial charge on any atom is 0.338 e. The van der Waals surface area contributed by atoms with Crippen molar-refractivity contribution in [2.75, 3.05) is 19.0 Å². The third-order valence-electron chi connectivity index (χ3n) is 3.77. The van der Waals surface area contributed by atoms with Gasteiger partial charge < -0.3 is 20.1 Å². The van der Waals surface area contributed by atoms with Crippen molar-refractivity contribution in [3.8, 4) is 5.75 Å². The van der Waals surface area contributed by atoms with E-state index < -0.39 is 11.9 Å². The Morgan fingerprint density at radius 2 is 1.63 bits per heavy atom. The Morgan fingerprint density at radius 3 is 2.19 bits per heavy atom. The van der Waals surface area contributed by atoms with Crippen LogP contribution < -0.4 is 15.4 Å². The van der Waals surface area contributed by atoms with Gasteiger partial charge in [-0.15, -0.1) is 0 Å². The number of carbonyl (C=O) groups excluding carboxylic acids is 3. The summed E-state index contributed by atoms with van der Waals surface area (Å²) in [4.78, 5) is 35.0. The monoisotopic (exact) mass is 370 g/mol. The first-order valence-electron chi connectivity index (χ1n) is 8.37. The van der Waals surface area contributed by atoms with Gasteiger partial charge in [0.05, 0.1) is 18.7 Å². The molecule has 7 heteroatoms. The van der Waals surface area contributed by atoms with Crippen molar-refractivity contribution in [1.82, 2.24) is 5.32 Å². The minimum atomic E-state index is -0.614. The number of hydrogen-bond donors (Lipinski definition) is 2. The predicted molar refractivity (Wildman–Crippen MR) is 101 cm³/mol. The second-order valence-electron chi connectivity index (χ2n) is 5.90. The van der Waals surface area contributed by atoms with Crippen molar-refractivity contribution in [3.63, 3.8) is 0 Å². The minimum absolute atomic E-state index is 0.201. The highest BCUT2D eigenvalue weighted by atomic mass is 16.5. The third-order valence-corrected chi connectivity index (χ3v) is 3.77. The number of ether oxygens (including phenoxy) is 2. The standard InChI is InChI=1S/C20H22N2O5/c1-13(15-6-10-18(26-3)11-7-15)21-19(24)12-27-20(25)16-4-8-17(9-5-16)22-14(2)23/h4-11,13H,12H2,1-3H3,(H,21,24)(H,22,23). The Kier molecular flexibility index (Phi) is 6.93. The van der Waals surface area contributed by atoms with Crippen LogP contribution in [0.2, 0.25) is 0 Å². The first-order valence-corrected chi connectivity index (χ1v) is 8.37. The van der Waals surface area contributed by atoms with Crippen LogP contribution in [-0.2, 0) is 14.3 Å². The Balaban J connectivity index is 1.83. The van der Waals surface area contributed by atoms with Crippen LogP contribution in [0.25, 0.3) is 0 Å². The third kappa shape index (κ3) is 6.14. The number of benzene rings is 2. The largest absolute Gasteiger partial charge is 0.497 e. The van der Waals surface area contributed by atoms with E-state index in [9.17, 15) is 14.4 Å². The van der Waals surface area contributed by atoms with E-state index >= 15 is 0 Å². The van der Waals surface area contributed by atoms with E-state index in [1.807, 2.05) is 31.2 Å². The van der Waals surface area contributed by atoms with Crippen LogP contribution >= 0.6 is 0 Å². The van der Waals surface area contributed by atoms with Crippen LogP contribution in [0.3, 0.4) is 0 Å². The maximum atomic E-state index is 12.0. The zero-order valence-electron chi connectivity index (χ0n) is 15.4. The van der Waals surface area contributed by atoms with Crippen molar-refractivity contribution in [1.29, 1.82) is 0 Å². The van der Waals surface area contributed by atoms with Crippen LogP contribution in [0.15, 0.2) is 48.5 Å². The van der Waals surface area contributed by atoms with Gasteiger partial charge in [-0.3, -0.25) is 9.59 Å². The minimum Gasteiger partial charge on any atom is -0.497 e. The van der Waals surface area contributed by atoms with Crippen LogP contribution in [0.4, 0.5) is 5.69 Å². The lowest BCUT2D eigenvalue weighted by Crippen LogP contribution is -2.31. The fourth-order valence-corrected chi connectivity index (χ4v) is 2.37. The lowest BCUT2D eigenvalue weighted by atomic mass is 10.1. The molecule has 1 unspecified atom stereocenters. The molecule has 2 rings (SSSR count). The lowest BCUT2D eigenvalue weighted by molar-refractivity contribution is -0.124. The molecule has 2 amide bonds. The second kappa shape index (κ2) is 9.38. The first-order chi connectivity index (χ1) is 12.9. The molecule has 0 aliphatic heterocycles. The summed E-state index contributed by atoms with van der Waals surface area (Å²) in [6.45, 7) is 2.85. The van der Waals surface area contributed by atoms with E-state index in [0.29, 0.717) is 11.3 Å². The fourth-order valence-electron chi connectivity index (χ4n) is 2.37. The molecule has 0 aliphatic rings. The molecule has 0 saturated heterocycles. The Bertz CT molecular complexity index is 800.